The van der Waals surface area contributed by atoms with Gasteiger partial charge < -0.3 is 19.3 Å². The molecule has 1 fully saturated rings. The molecular formula is C24H28ClN3O4. The van der Waals surface area contributed by atoms with Crippen molar-refractivity contribution in [1.29, 1.82) is 0 Å². The van der Waals surface area contributed by atoms with Crippen molar-refractivity contribution in [2.45, 2.75) is 57.6 Å². The molecule has 2 aliphatic carbocycles. The van der Waals surface area contributed by atoms with Crippen LogP contribution in [0.15, 0.2) is 46.6 Å². The molecule has 1 saturated carbocycles. The number of allylic oxidation sites excluding steroid dienone is 3. The summed E-state index contributed by atoms with van der Waals surface area (Å²) in [7, 11) is 1.45. The van der Waals surface area contributed by atoms with Crippen LogP contribution in [0.5, 0.6) is 5.75 Å². The number of methoxy groups -OCH3 is 1. The lowest BCUT2D eigenvalue weighted by Gasteiger charge is -2.22. The Bertz CT molecular complexity index is 1030. The third-order valence-corrected chi connectivity index (χ3v) is 6.08. The first-order valence-electron chi connectivity index (χ1n) is 11.0. The molecule has 0 amide bonds. The number of ether oxygens (including phenoxy) is 2. The number of nitrogens with one attached hydrogen (secondary N) is 1. The van der Waals surface area contributed by atoms with Gasteiger partial charge >= 0.3 is 5.97 Å². The lowest BCUT2D eigenvalue weighted by atomic mass is 9.98. The smallest absolute Gasteiger partial charge is 0.310 e. The van der Waals surface area contributed by atoms with Gasteiger partial charge in [0.2, 0.25) is 11.7 Å². The van der Waals surface area contributed by atoms with Crippen molar-refractivity contribution in [3.63, 3.8) is 0 Å². The first kappa shape index (κ1) is 22.4. The molecule has 4 rings (SSSR count). The van der Waals surface area contributed by atoms with E-state index in [2.05, 4.69) is 21.5 Å². The van der Waals surface area contributed by atoms with E-state index >= 15 is 0 Å². The van der Waals surface area contributed by atoms with Gasteiger partial charge in [0, 0.05) is 17.3 Å². The molecule has 0 saturated heterocycles. The van der Waals surface area contributed by atoms with Crippen LogP contribution >= 0.6 is 11.6 Å². The third-order valence-electron chi connectivity index (χ3n) is 5.78. The fraction of sp³-hybridized carbons (Fsp3) is 0.458. The molecule has 170 valence electrons. The second-order valence-electron chi connectivity index (χ2n) is 8.44. The van der Waals surface area contributed by atoms with E-state index in [1.54, 1.807) is 6.07 Å². The second-order valence-corrected chi connectivity index (χ2v) is 8.85. The molecule has 0 radical (unpaired) electrons. The topological polar surface area (TPSA) is 86.5 Å². The van der Waals surface area contributed by atoms with E-state index in [9.17, 15) is 4.79 Å². The maximum Gasteiger partial charge on any atom is 0.310 e. The number of rotatable bonds is 7. The van der Waals surface area contributed by atoms with Crippen molar-refractivity contribution >= 4 is 17.6 Å². The quantitative estimate of drug-likeness (QED) is 0.583. The number of nitrogens with zero attached hydrogens (tertiary/aromatic N) is 2. The van der Waals surface area contributed by atoms with E-state index in [1.165, 1.54) is 7.11 Å². The largest absolute Gasteiger partial charge is 0.489 e. The number of hydrogen-bond donors (Lipinski definition) is 1. The summed E-state index contributed by atoms with van der Waals surface area (Å²) in [5, 5.41) is 8.13. The van der Waals surface area contributed by atoms with Crippen LogP contribution in [0.1, 0.15) is 51.3 Å². The minimum absolute atomic E-state index is 0.000742. The minimum atomic E-state index is -0.138. The molecule has 1 heterocycles. The van der Waals surface area contributed by atoms with E-state index in [-0.39, 0.29) is 30.0 Å². The van der Waals surface area contributed by atoms with Crippen LogP contribution in [0, 0.1) is 5.92 Å². The van der Waals surface area contributed by atoms with E-state index in [1.807, 2.05) is 38.1 Å². The first-order valence-corrected chi connectivity index (χ1v) is 11.3. The molecule has 1 N–H and O–H groups in total. The van der Waals surface area contributed by atoms with Gasteiger partial charge in [-0.15, -0.1) is 0 Å². The Morgan fingerprint density at radius 1 is 1.31 bits per heavy atom. The van der Waals surface area contributed by atoms with Crippen molar-refractivity contribution in [3.8, 4) is 17.1 Å². The Labute approximate surface area is 192 Å². The Balaban J connectivity index is 1.39. The summed E-state index contributed by atoms with van der Waals surface area (Å²) in [6.07, 6.45) is 9.80. The average Bonchev–Trinajstić information content (AvgIpc) is 3.45. The SMILES string of the molecule is COC(=O)[C@H]1CCC[C@H]1NC1=CCC(c2nc(-c3ccc(OC(C)C)c(Cl)c3)no2)C=C1. The van der Waals surface area contributed by atoms with Crippen LogP contribution in [-0.4, -0.2) is 35.4 Å². The number of halogens is 1. The van der Waals surface area contributed by atoms with Crippen molar-refractivity contribution in [2.75, 3.05) is 7.11 Å². The zero-order chi connectivity index (χ0) is 22.7. The number of esters is 1. The number of hydrogen-bond acceptors (Lipinski definition) is 7. The molecule has 1 aromatic carbocycles. The molecule has 1 aromatic heterocycles. The molecule has 3 atom stereocenters. The average molecular weight is 458 g/mol. The minimum Gasteiger partial charge on any atom is -0.489 e. The van der Waals surface area contributed by atoms with Crippen molar-refractivity contribution in [1.82, 2.24) is 15.5 Å². The van der Waals surface area contributed by atoms with Crippen LogP contribution in [0.2, 0.25) is 5.02 Å². The first-order chi connectivity index (χ1) is 15.4. The predicted molar refractivity (Wildman–Crippen MR) is 121 cm³/mol. The maximum atomic E-state index is 12.0. The Morgan fingerprint density at radius 2 is 2.16 bits per heavy atom. The Kier molecular flexibility index (Phi) is 6.84. The molecule has 0 aliphatic heterocycles. The van der Waals surface area contributed by atoms with Gasteiger partial charge in [-0.2, -0.15) is 4.98 Å². The summed E-state index contributed by atoms with van der Waals surface area (Å²) < 4.78 is 16.1. The van der Waals surface area contributed by atoms with Gasteiger partial charge in [0.15, 0.2) is 0 Å². The van der Waals surface area contributed by atoms with Gasteiger partial charge in [0.25, 0.3) is 0 Å². The Morgan fingerprint density at radius 3 is 2.84 bits per heavy atom. The van der Waals surface area contributed by atoms with Crippen LogP contribution < -0.4 is 10.1 Å². The maximum absolute atomic E-state index is 12.0. The summed E-state index contributed by atoms with van der Waals surface area (Å²) in [5.74, 6) is 1.45. The highest BCUT2D eigenvalue weighted by Crippen LogP contribution is 2.33. The van der Waals surface area contributed by atoms with Crippen LogP contribution in [-0.2, 0) is 9.53 Å². The highest BCUT2D eigenvalue weighted by molar-refractivity contribution is 6.32. The normalized spacial score (nSPS) is 22.7. The molecule has 32 heavy (non-hydrogen) atoms. The van der Waals surface area contributed by atoms with E-state index in [4.69, 9.17) is 25.6 Å². The van der Waals surface area contributed by atoms with Gasteiger partial charge in [0.1, 0.15) is 5.75 Å². The van der Waals surface area contributed by atoms with Crippen LogP contribution in [0.25, 0.3) is 11.4 Å². The summed E-state index contributed by atoms with van der Waals surface area (Å²) >= 11 is 6.34. The zero-order valence-electron chi connectivity index (χ0n) is 18.5. The summed E-state index contributed by atoms with van der Waals surface area (Å²) in [5.41, 5.74) is 1.78. The highest BCUT2D eigenvalue weighted by atomic mass is 35.5. The highest BCUT2D eigenvalue weighted by Gasteiger charge is 2.34. The third kappa shape index (κ3) is 4.99. The molecule has 8 heteroatoms. The number of carbonyl (C=O) groups is 1. The number of carbonyl (C=O) groups excluding carboxylic acids is 1. The predicted octanol–water partition coefficient (Wildman–Crippen LogP) is 5.04. The van der Waals surface area contributed by atoms with Gasteiger partial charge in [0.05, 0.1) is 30.1 Å². The summed E-state index contributed by atoms with van der Waals surface area (Å²) in [4.78, 5) is 16.5. The second kappa shape index (κ2) is 9.77. The van der Waals surface area contributed by atoms with Crippen LogP contribution in [0.4, 0.5) is 0 Å². The Hall–Kier alpha value is -2.80. The van der Waals surface area contributed by atoms with Crippen LogP contribution in [0.3, 0.4) is 0 Å². The molecule has 1 unspecified atom stereocenters. The lowest BCUT2D eigenvalue weighted by Crippen LogP contribution is -2.36. The fourth-order valence-corrected chi connectivity index (χ4v) is 4.41. The number of benzene rings is 1. The van der Waals surface area contributed by atoms with E-state index in [0.29, 0.717) is 22.5 Å². The lowest BCUT2D eigenvalue weighted by molar-refractivity contribution is -0.145. The monoisotopic (exact) mass is 457 g/mol. The molecule has 0 spiro atoms. The van der Waals surface area contributed by atoms with Crippen molar-refractivity contribution < 1.29 is 18.8 Å². The van der Waals surface area contributed by atoms with E-state index in [0.717, 1.165) is 36.9 Å². The zero-order valence-corrected chi connectivity index (χ0v) is 19.3. The molecular weight excluding hydrogens is 430 g/mol. The molecule has 7 nitrogen and oxygen atoms in total. The number of aromatic nitrogens is 2. The molecule has 0 bridgehead atoms. The van der Waals surface area contributed by atoms with Gasteiger partial charge in [-0.05, 0) is 57.4 Å². The van der Waals surface area contributed by atoms with Crippen molar-refractivity contribution in [3.05, 3.63) is 53.0 Å². The summed E-state index contributed by atoms with van der Waals surface area (Å²) in [6.45, 7) is 3.90. The van der Waals surface area contributed by atoms with Crippen molar-refractivity contribution in [2.24, 2.45) is 5.92 Å². The molecule has 2 aromatic rings. The van der Waals surface area contributed by atoms with E-state index < -0.39 is 0 Å². The van der Waals surface area contributed by atoms with Gasteiger partial charge in [-0.25, -0.2) is 0 Å². The van der Waals surface area contributed by atoms with Gasteiger partial charge in [-0.3, -0.25) is 4.79 Å². The standard InChI is InChI=1S/C24H28ClN3O4/c1-14(2)31-21-12-9-16(13-19(21)25)22-27-23(32-28-22)15-7-10-17(11-8-15)26-20-6-4-5-18(20)24(29)30-3/h7,9-15,18,20,26H,4-6,8H2,1-3H3/t15?,18-,20+/m0/s1. The summed E-state index contributed by atoms with van der Waals surface area (Å²) in [6, 6.07) is 5.58. The molecule has 2 aliphatic rings. The van der Waals surface area contributed by atoms with Gasteiger partial charge in [-0.1, -0.05) is 35.3 Å². The fourth-order valence-electron chi connectivity index (χ4n) is 4.18.